The first-order valence-corrected chi connectivity index (χ1v) is 6.91. The Labute approximate surface area is 128 Å². The Balaban J connectivity index is 3.17. The van der Waals surface area contributed by atoms with Gasteiger partial charge in [0.15, 0.2) is 0 Å². The lowest BCUT2D eigenvalue weighted by molar-refractivity contribution is 0.0525. The van der Waals surface area contributed by atoms with E-state index in [4.69, 9.17) is 14.6 Å². The van der Waals surface area contributed by atoms with E-state index in [-0.39, 0.29) is 43.1 Å². The molecular weight excluding hydrogens is 290 g/mol. The molecule has 0 spiro atoms. The number of hydrogen-bond acceptors (Lipinski definition) is 6. The molecule has 1 aromatic carbocycles. The quantitative estimate of drug-likeness (QED) is 0.721. The van der Waals surface area contributed by atoms with Crippen LogP contribution in [0.3, 0.4) is 0 Å². The van der Waals surface area contributed by atoms with E-state index in [0.717, 1.165) is 0 Å². The molecule has 0 aliphatic carbocycles. The second kappa shape index (κ2) is 8.78. The van der Waals surface area contributed by atoms with Crippen molar-refractivity contribution in [3.63, 3.8) is 0 Å². The van der Waals surface area contributed by atoms with Crippen molar-refractivity contribution < 1.29 is 29.0 Å². The summed E-state index contributed by atoms with van der Waals surface area (Å²) in [5.41, 5.74) is 0.283. The van der Waals surface area contributed by atoms with Crippen molar-refractivity contribution in [1.82, 2.24) is 5.32 Å². The third-order valence-electron chi connectivity index (χ3n) is 2.61. The second-order valence-corrected chi connectivity index (χ2v) is 4.22. The summed E-state index contributed by atoms with van der Waals surface area (Å²) in [6.45, 7) is 3.51. The van der Waals surface area contributed by atoms with Crippen LogP contribution < -0.4 is 5.32 Å². The summed E-state index contributed by atoms with van der Waals surface area (Å²) < 4.78 is 9.75. The number of aliphatic hydroxyl groups is 1. The Hall–Kier alpha value is -2.41. The highest BCUT2D eigenvalue weighted by atomic mass is 16.5. The summed E-state index contributed by atoms with van der Waals surface area (Å²) in [6, 6.07) is 3.97. The fourth-order valence-electron chi connectivity index (χ4n) is 1.69. The van der Waals surface area contributed by atoms with Crippen LogP contribution in [0.15, 0.2) is 18.2 Å². The van der Waals surface area contributed by atoms with Crippen LogP contribution in [0.1, 0.15) is 44.9 Å². The molecule has 0 aromatic heterocycles. The Morgan fingerprint density at radius 1 is 0.955 bits per heavy atom. The molecule has 0 heterocycles. The molecule has 2 N–H and O–H groups in total. The van der Waals surface area contributed by atoms with Crippen molar-refractivity contribution in [3.8, 4) is 0 Å². The summed E-state index contributed by atoms with van der Waals surface area (Å²) in [5, 5.41) is 11.2. The Kier molecular flexibility index (Phi) is 7.04. The molecule has 0 bridgehead atoms. The monoisotopic (exact) mass is 309 g/mol. The number of carbonyl (C=O) groups excluding carboxylic acids is 3. The van der Waals surface area contributed by atoms with Crippen molar-refractivity contribution >= 4 is 17.8 Å². The molecule has 0 fully saturated rings. The molecule has 0 atom stereocenters. The molecule has 1 aromatic rings. The lowest BCUT2D eigenvalue weighted by atomic mass is 10.0. The van der Waals surface area contributed by atoms with E-state index in [9.17, 15) is 14.4 Å². The molecule has 0 unspecified atom stereocenters. The van der Waals surface area contributed by atoms with E-state index >= 15 is 0 Å². The van der Waals surface area contributed by atoms with Crippen LogP contribution in [0, 0.1) is 0 Å². The van der Waals surface area contributed by atoms with Gasteiger partial charge < -0.3 is 19.9 Å². The number of ether oxygens (including phenoxy) is 2. The SMILES string of the molecule is CCOC(=O)c1cc(C(=O)NCCO)cc(C(=O)OCC)c1. The van der Waals surface area contributed by atoms with Crippen molar-refractivity contribution in [2.24, 2.45) is 0 Å². The first-order valence-electron chi connectivity index (χ1n) is 6.91. The number of aliphatic hydroxyl groups excluding tert-OH is 1. The van der Waals surface area contributed by atoms with E-state index in [1.165, 1.54) is 18.2 Å². The predicted octanol–water partition coefficient (Wildman–Crippen LogP) is 0.762. The highest BCUT2D eigenvalue weighted by Crippen LogP contribution is 2.13. The molecule has 0 saturated carbocycles. The van der Waals surface area contributed by atoms with Gasteiger partial charge >= 0.3 is 11.9 Å². The van der Waals surface area contributed by atoms with Crippen molar-refractivity contribution in [3.05, 3.63) is 34.9 Å². The maximum absolute atomic E-state index is 11.9. The Bertz CT molecular complexity index is 519. The second-order valence-electron chi connectivity index (χ2n) is 4.22. The van der Waals surface area contributed by atoms with Crippen molar-refractivity contribution in [1.29, 1.82) is 0 Å². The fraction of sp³-hybridized carbons (Fsp3) is 0.400. The zero-order valence-corrected chi connectivity index (χ0v) is 12.5. The van der Waals surface area contributed by atoms with Gasteiger partial charge in [-0.2, -0.15) is 0 Å². The summed E-state index contributed by atoms with van der Waals surface area (Å²) >= 11 is 0. The van der Waals surface area contributed by atoms with E-state index in [2.05, 4.69) is 5.32 Å². The summed E-state index contributed by atoms with van der Waals surface area (Å²) in [6.07, 6.45) is 0. The molecule has 0 saturated heterocycles. The van der Waals surface area contributed by atoms with E-state index in [1.54, 1.807) is 13.8 Å². The number of esters is 2. The van der Waals surface area contributed by atoms with E-state index < -0.39 is 17.8 Å². The van der Waals surface area contributed by atoms with Crippen LogP contribution in [0.5, 0.6) is 0 Å². The zero-order chi connectivity index (χ0) is 16.5. The number of hydrogen-bond donors (Lipinski definition) is 2. The van der Waals surface area contributed by atoms with Crippen molar-refractivity contribution in [2.75, 3.05) is 26.4 Å². The highest BCUT2D eigenvalue weighted by Gasteiger charge is 2.17. The van der Waals surface area contributed by atoms with Crippen LogP contribution >= 0.6 is 0 Å². The number of rotatable bonds is 7. The minimum Gasteiger partial charge on any atom is -0.462 e. The standard InChI is InChI=1S/C15H19NO6/c1-3-21-14(19)11-7-10(13(18)16-5-6-17)8-12(9-11)15(20)22-4-2/h7-9,17H,3-6H2,1-2H3,(H,16,18). The fourth-order valence-corrected chi connectivity index (χ4v) is 1.69. The normalized spacial score (nSPS) is 9.95. The van der Waals surface area contributed by atoms with Gasteiger partial charge in [-0.05, 0) is 32.0 Å². The van der Waals surface area contributed by atoms with Gasteiger partial charge in [-0.25, -0.2) is 9.59 Å². The topological polar surface area (TPSA) is 102 Å². The molecule has 7 heteroatoms. The van der Waals surface area contributed by atoms with Crippen LogP contribution in [-0.4, -0.2) is 49.3 Å². The van der Waals surface area contributed by atoms with Gasteiger partial charge in [0.2, 0.25) is 0 Å². The average Bonchev–Trinajstić information content (AvgIpc) is 2.52. The van der Waals surface area contributed by atoms with E-state index in [0.29, 0.717) is 0 Å². The molecule has 1 amide bonds. The molecule has 0 aliphatic heterocycles. The summed E-state index contributed by atoms with van der Waals surface area (Å²) in [7, 11) is 0. The first-order chi connectivity index (χ1) is 10.5. The number of carbonyl (C=O) groups is 3. The first kappa shape index (κ1) is 17.6. The maximum Gasteiger partial charge on any atom is 0.338 e. The van der Waals surface area contributed by atoms with Crippen LogP contribution in [0.2, 0.25) is 0 Å². The Morgan fingerprint density at radius 3 is 1.82 bits per heavy atom. The number of nitrogens with one attached hydrogen (secondary N) is 1. The van der Waals surface area contributed by atoms with Crippen LogP contribution in [-0.2, 0) is 9.47 Å². The zero-order valence-electron chi connectivity index (χ0n) is 12.5. The van der Waals surface area contributed by atoms with Gasteiger partial charge in [0.25, 0.3) is 5.91 Å². The van der Waals surface area contributed by atoms with Gasteiger partial charge in [0.1, 0.15) is 0 Å². The van der Waals surface area contributed by atoms with Gasteiger partial charge in [-0.1, -0.05) is 0 Å². The Morgan fingerprint density at radius 2 is 1.41 bits per heavy atom. The minimum atomic E-state index is -0.634. The lowest BCUT2D eigenvalue weighted by Crippen LogP contribution is -2.27. The van der Waals surface area contributed by atoms with Crippen molar-refractivity contribution in [2.45, 2.75) is 13.8 Å². The maximum atomic E-state index is 11.9. The van der Waals surface area contributed by atoms with Crippen LogP contribution in [0.4, 0.5) is 0 Å². The third kappa shape index (κ3) is 4.85. The van der Waals surface area contributed by atoms with Gasteiger partial charge in [-0.3, -0.25) is 4.79 Å². The van der Waals surface area contributed by atoms with Gasteiger partial charge in [0.05, 0.1) is 30.9 Å². The van der Waals surface area contributed by atoms with E-state index in [1.807, 2.05) is 0 Å². The molecule has 7 nitrogen and oxygen atoms in total. The lowest BCUT2D eigenvalue weighted by Gasteiger charge is -2.09. The molecule has 120 valence electrons. The molecular formula is C15H19NO6. The molecule has 1 rings (SSSR count). The third-order valence-corrected chi connectivity index (χ3v) is 2.61. The molecule has 22 heavy (non-hydrogen) atoms. The summed E-state index contributed by atoms with van der Waals surface area (Å²) in [4.78, 5) is 35.6. The smallest absolute Gasteiger partial charge is 0.338 e. The summed E-state index contributed by atoms with van der Waals surface area (Å²) in [5.74, 6) is -1.78. The molecule has 0 radical (unpaired) electrons. The van der Waals surface area contributed by atoms with Crippen LogP contribution in [0.25, 0.3) is 0 Å². The van der Waals surface area contributed by atoms with Gasteiger partial charge in [-0.15, -0.1) is 0 Å². The van der Waals surface area contributed by atoms with Gasteiger partial charge in [0, 0.05) is 12.1 Å². The average molecular weight is 309 g/mol. The minimum absolute atomic E-state index is 0.0667. The molecule has 0 aliphatic rings. The largest absolute Gasteiger partial charge is 0.462 e. The number of benzene rings is 1. The number of amides is 1. The highest BCUT2D eigenvalue weighted by molar-refractivity contribution is 6.02. The predicted molar refractivity (Wildman–Crippen MR) is 77.8 cm³/mol.